The van der Waals surface area contributed by atoms with Crippen LogP contribution in [-0.2, 0) is 20.7 Å². The minimum absolute atomic E-state index is 0.0360. The predicted molar refractivity (Wildman–Crippen MR) is 81.0 cm³/mol. The number of hydrogen-bond donors (Lipinski definition) is 2. The van der Waals surface area contributed by atoms with Gasteiger partial charge in [-0.25, -0.2) is 4.79 Å². The van der Waals surface area contributed by atoms with Crippen LogP contribution in [0.1, 0.15) is 25.3 Å². The zero-order chi connectivity index (χ0) is 15.4. The summed E-state index contributed by atoms with van der Waals surface area (Å²) < 4.78 is 6.25. The highest BCUT2D eigenvalue weighted by Gasteiger charge is 2.34. The van der Waals surface area contributed by atoms with Gasteiger partial charge in [0, 0.05) is 10.5 Å². The summed E-state index contributed by atoms with van der Waals surface area (Å²) >= 11 is 3.38. The van der Waals surface area contributed by atoms with Crippen LogP contribution >= 0.6 is 15.9 Å². The number of amides is 1. The Labute approximate surface area is 131 Å². The molecule has 1 aromatic carbocycles. The second-order valence-corrected chi connectivity index (χ2v) is 6.18. The molecule has 0 spiro atoms. The first-order chi connectivity index (χ1) is 9.95. The van der Waals surface area contributed by atoms with Gasteiger partial charge in [0.25, 0.3) is 0 Å². The van der Waals surface area contributed by atoms with Gasteiger partial charge in [-0.3, -0.25) is 4.79 Å². The van der Waals surface area contributed by atoms with Gasteiger partial charge in [-0.15, -0.1) is 0 Å². The lowest BCUT2D eigenvalue weighted by Gasteiger charge is -2.17. The number of carbonyl (C=O) groups excluding carboxylic acids is 1. The molecule has 1 amide bonds. The summed E-state index contributed by atoms with van der Waals surface area (Å²) in [6, 6.07) is 7.88. The maximum atomic E-state index is 12.0. The Morgan fingerprint density at radius 2 is 1.95 bits per heavy atom. The van der Waals surface area contributed by atoms with Gasteiger partial charge in [-0.1, -0.05) is 28.1 Å². The van der Waals surface area contributed by atoms with E-state index in [0.717, 1.165) is 10.0 Å². The van der Waals surface area contributed by atoms with Crippen molar-refractivity contribution in [3.8, 4) is 0 Å². The number of carboxylic acid groups (broad SMARTS) is 1. The van der Waals surface area contributed by atoms with E-state index < -0.39 is 18.2 Å². The molecule has 2 N–H and O–H groups in total. The number of carbonyl (C=O) groups is 2. The van der Waals surface area contributed by atoms with Crippen molar-refractivity contribution >= 4 is 27.8 Å². The lowest BCUT2D eigenvalue weighted by Crippen LogP contribution is -2.41. The van der Waals surface area contributed by atoms with E-state index >= 15 is 0 Å². The number of hydrogen-bond acceptors (Lipinski definition) is 3. The molecule has 2 rings (SSSR count). The lowest BCUT2D eigenvalue weighted by atomic mass is 10.1. The number of carboxylic acids is 1. The fraction of sp³-hybridized carbons (Fsp3) is 0.467. The molecule has 3 unspecified atom stereocenters. The molecule has 1 fully saturated rings. The molecule has 6 heteroatoms. The number of halogens is 1. The first kappa shape index (κ1) is 16.0. The van der Waals surface area contributed by atoms with Crippen molar-refractivity contribution in [2.24, 2.45) is 0 Å². The Morgan fingerprint density at radius 1 is 1.33 bits per heavy atom. The molecule has 0 bridgehead atoms. The molecular formula is C15H18BrNO4. The van der Waals surface area contributed by atoms with Crippen molar-refractivity contribution < 1.29 is 19.4 Å². The minimum Gasteiger partial charge on any atom is -0.479 e. The lowest BCUT2D eigenvalue weighted by molar-refractivity contribution is -0.151. The third kappa shape index (κ3) is 4.54. The predicted octanol–water partition coefficient (Wildman–Crippen LogP) is 2.13. The van der Waals surface area contributed by atoms with Gasteiger partial charge in [-0.2, -0.15) is 0 Å². The van der Waals surface area contributed by atoms with Crippen LogP contribution in [-0.4, -0.2) is 35.2 Å². The van der Waals surface area contributed by atoms with Crippen molar-refractivity contribution in [3.05, 3.63) is 34.3 Å². The fourth-order valence-corrected chi connectivity index (χ4v) is 2.64. The van der Waals surface area contributed by atoms with Crippen LogP contribution in [0.25, 0.3) is 0 Å². The molecule has 1 saturated heterocycles. The molecule has 0 radical (unpaired) electrons. The van der Waals surface area contributed by atoms with Gasteiger partial charge in [-0.05, 0) is 43.9 Å². The normalized spacial score (nSPS) is 22.8. The summed E-state index contributed by atoms with van der Waals surface area (Å²) in [5, 5.41) is 11.7. The average Bonchev–Trinajstić information content (AvgIpc) is 2.91. The second-order valence-electron chi connectivity index (χ2n) is 5.27. The summed E-state index contributed by atoms with van der Waals surface area (Å²) in [6.07, 6.45) is 0.0390. The van der Waals surface area contributed by atoms with Crippen LogP contribution in [0, 0.1) is 0 Å². The topological polar surface area (TPSA) is 75.6 Å². The van der Waals surface area contributed by atoms with Crippen molar-refractivity contribution in [1.82, 2.24) is 5.32 Å². The molecule has 3 atom stereocenters. The van der Waals surface area contributed by atoms with E-state index in [0.29, 0.717) is 19.3 Å². The summed E-state index contributed by atoms with van der Waals surface area (Å²) in [5.74, 6) is -1.24. The third-order valence-corrected chi connectivity index (χ3v) is 3.96. The first-order valence-electron chi connectivity index (χ1n) is 6.89. The Balaban J connectivity index is 1.82. The molecule has 5 nitrogen and oxygen atoms in total. The Bertz CT molecular complexity index is 517. The minimum atomic E-state index is -1.01. The maximum absolute atomic E-state index is 12.0. The zero-order valence-electron chi connectivity index (χ0n) is 11.7. The zero-order valence-corrected chi connectivity index (χ0v) is 13.3. The maximum Gasteiger partial charge on any atom is 0.332 e. The van der Waals surface area contributed by atoms with Crippen molar-refractivity contribution in [3.63, 3.8) is 0 Å². The van der Waals surface area contributed by atoms with E-state index in [2.05, 4.69) is 21.2 Å². The van der Waals surface area contributed by atoms with E-state index in [9.17, 15) is 9.59 Å². The molecule has 1 aliphatic rings. The summed E-state index contributed by atoms with van der Waals surface area (Å²) in [4.78, 5) is 22.8. The summed E-state index contributed by atoms with van der Waals surface area (Å²) in [6.45, 7) is 1.92. The quantitative estimate of drug-likeness (QED) is 0.848. The molecular weight excluding hydrogens is 338 g/mol. The Morgan fingerprint density at radius 3 is 2.52 bits per heavy atom. The van der Waals surface area contributed by atoms with E-state index in [-0.39, 0.29) is 11.9 Å². The monoisotopic (exact) mass is 355 g/mol. The van der Waals surface area contributed by atoms with Gasteiger partial charge in [0.2, 0.25) is 5.91 Å². The molecule has 0 aliphatic carbocycles. The molecule has 0 aromatic heterocycles. The van der Waals surface area contributed by atoms with Crippen LogP contribution in [0.5, 0.6) is 0 Å². The van der Waals surface area contributed by atoms with Gasteiger partial charge in [0.15, 0.2) is 6.10 Å². The molecule has 114 valence electrons. The number of rotatable bonds is 5. The summed E-state index contributed by atoms with van der Waals surface area (Å²) in [7, 11) is 0. The molecule has 0 saturated carbocycles. The van der Waals surface area contributed by atoms with Crippen molar-refractivity contribution in [2.75, 3.05) is 0 Å². The van der Waals surface area contributed by atoms with Gasteiger partial charge >= 0.3 is 5.97 Å². The third-order valence-electron chi connectivity index (χ3n) is 3.43. The number of benzene rings is 1. The Kier molecular flexibility index (Phi) is 5.36. The molecule has 1 aromatic rings. The van der Waals surface area contributed by atoms with Gasteiger partial charge < -0.3 is 15.2 Å². The van der Waals surface area contributed by atoms with Crippen molar-refractivity contribution in [1.29, 1.82) is 0 Å². The van der Waals surface area contributed by atoms with E-state index in [4.69, 9.17) is 9.84 Å². The highest BCUT2D eigenvalue weighted by Crippen LogP contribution is 2.20. The molecule has 1 aliphatic heterocycles. The van der Waals surface area contributed by atoms with E-state index in [1.54, 1.807) is 0 Å². The highest BCUT2D eigenvalue weighted by atomic mass is 79.9. The SMILES string of the molecule is CC(Cc1ccc(Br)cc1)NC(=O)C1CCC(C(=O)O)O1. The Hall–Kier alpha value is -1.40. The van der Waals surface area contributed by atoms with Crippen LogP contribution < -0.4 is 5.32 Å². The van der Waals surface area contributed by atoms with Crippen LogP contribution in [0.15, 0.2) is 28.7 Å². The standard InChI is InChI=1S/C15H18BrNO4/c1-9(8-10-2-4-11(16)5-3-10)17-14(18)12-6-7-13(21-12)15(19)20/h2-5,9,12-13H,6-8H2,1H3,(H,17,18)(H,19,20). The van der Waals surface area contributed by atoms with E-state index in [1.807, 2.05) is 31.2 Å². The largest absolute Gasteiger partial charge is 0.479 e. The number of ether oxygens (including phenoxy) is 1. The van der Waals surface area contributed by atoms with Crippen LogP contribution in [0.3, 0.4) is 0 Å². The first-order valence-corrected chi connectivity index (χ1v) is 7.68. The average molecular weight is 356 g/mol. The fourth-order valence-electron chi connectivity index (χ4n) is 2.37. The molecule has 1 heterocycles. The van der Waals surface area contributed by atoms with Crippen molar-refractivity contribution in [2.45, 2.75) is 44.4 Å². The van der Waals surface area contributed by atoms with Crippen LogP contribution in [0.4, 0.5) is 0 Å². The highest BCUT2D eigenvalue weighted by molar-refractivity contribution is 9.10. The second kappa shape index (κ2) is 7.04. The number of nitrogens with one attached hydrogen (secondary N) is 1. The number of aliphatic carboxylic acids is 1. The smallest absolute Gasteiger partial charge is 0.332 e. The van der Waals surface area contributed by atoms with Crippen LogP contribution in [0.2, 0.25) is 0 Å². The molecule has 21 heavy (non-hydrogen) atoms. The van der Waals surface area contributed by atoms with Gasteiger partial charge in [0.1, 0.15) is 6.10 Å². The van der Waals surface area contributed by atoms with Gasteiger partial charge in [0.05, 0.1) is 0 Å². The van der Waals surface area contributed by atoms with E-state index in [1.165, 1.54) is 0 Å². The summed E-state index contributed by atoms with van der Waals surface area (Å²) in [5.41, 5.74) is 1.13.